The van der Waals surface area contributed by atoms with E-state index in [0.717, 1.165) is 0 Å². The van der Waals surface area contributed by atoms with Crippen LogP contribution in [0, 0.1) is 0 Å². The Labute approximate surface area is 200 Å². The lowest BCUT2D eigenvalue weighted by Crippen LogP contribution is -2.52. The molecule has 0 amide bonds. The lowest BCUT2D eigenvalue weighted by molar-refractivity contribution is -0.0314. The lowest BCUT2D eigenvalue weighted by atomic mass is 9.85. The van der Waals surface area contributed by atoms with Crippen LogP contribution in [-0.2, 0) is 22.9 Å². The Morgan fingerprint density at radius 2 is 1.45 bits per heavy atom. The SMILES string of the molecule is B[C@@H]1O[C@H](CC(C)(C)OP(B)(=O)C(C)(CC)C(C)(CC)OP(=O)(O)C(C)(O)CC)[C@@H](O)[C@H]1O. The molecule has 1 rings (SSSR count). The molecule has 5 unspecified atom stereocenters. The molecule has 9 atom stereocenters. The first-order valence-electron chi connectivity index (χ1n) is 11.7. The maximum Gasteiger partial charge on any atom is 0.359 e. The van der Waals surface area contributed by atoms with Gasteiger partial charge >= 0.3 is 7.60 Å². The Bertz CT molecular complexity index is 781. The van der Waals surface area contributed by atoms with E-state index in [9.17, 15) is 29.3 Å². The Hall–Kier alpha value is 0.310. The summed E-state index contributed by atoms with van der Waals surface area (Å²) in [6.45, 7) is 13.2. The molecule has 0 aromatic heterocycles. The summed E-state index contributed by atoms with van der Waals surface area (Å²) in [6, 6.07) is -0.531. The first kappa shape index (κ1) is 31.3. The Kier molecular flexibility index (Phi) is 9.83. The average Bonchev–Trinajstić information content (AvgIpc) is 2.91. The summed E-state index contributed by atoms with van der Waals surface area (Å²) in [5.41, 5.74) is -2.37. The normalized spacial score (nSPS) is 33.3. The van der Waals surface area contributed by atoms with Gasteiger partial charge in [-0.25, -0.2) is 0 Å². The van der Waals surface area contributed by atoms with Gasteiger partial charge in [0.15, 0.2) is 12.6 Å². The Balaban J connectivity index is 3.28. The summed E-state index contributed by atoms with van der Waals surface area (Å²) >= 11 is 0. The highest BCUT2D eigenvalue weighted by molar-refractivity contribution is 7.84. The topological polar surface area (TPSA) is 143 Å². The van der Waals surface area contributed by atoms with Crippen molar-refractivity contribution in [1.82, 2.24) is 0 Å². The van der Waals surface area contributed by atoms with Crippen molar-refractivity contribution in [3.8, 4) is 0 Å². The number of aliphatic hydroxyl groups is 3. The highest BCUT2D eigenvalue weighted by Gasteiger charge is 2.59. The summed E-state index contributed by atoms with van der Waals surface area (Å²) < 4.78 is 44.9. The molecule has 1 heterocycles. The quantitative estimate of drug-likeness (QED) is 0.227. The second-order valence-electron chi connectivity index (χ2n) is 10.7. The van der Waals surface area contributed by atoms with Crippen LogP contribution in [0.4, 0.5) is 0 Å². The Morgan fingerprint density at radius 1 is 0.939 bits per heavy atom. The van der Waals surface area contributed by atoms with E-state index < -0.39 is 60.9 Å². The molecule has 0 aliphatic carbocycles. The van der Waals surface area contributed by atoms with Crippen LogP contribution >= 0.6 is 14.8 Å². The molecule has 1 saturated heterocycles. The van der Waals surface area contributed by atoms with Crippen molar-refractivity contribution in [1.29, 1.82) is 0 Å². The van der Waals surface area contributed by atoms with Crippen LogP contribution in [-0.4, -0.2) is 81.6 Å². The molecule has 33 heavy (non-hydrogen) atoms. The van der Waals surface area contributed by atoms with E-state index in [1.165, 1.54) is 14.5 Å². The van der Waals surface area contributed by atoms with Crippen LogP contribution in [0.2, 0.25) is 0 Å². The molecule has 0 aromatic rings. The van der Waals surface area contributed by atoms with E-state index in [1.807, 2.05) is 6.92 Å². The fraction of sp³-hybridized carbons (Fsp3) is 1.00. The van der Waals surface area contributed by atoms with Gasteiger partial charge in [0, 0.05) is 6.42 Å². The standard InChI is InChI=1S/C20H44B2O9P2/c1-9-18(6,31-33(27,28)20(8,25)11-3)19(7,10-2)32(22,26)30-17(4,5)12-13-14(23)15(24)16(21)29-13/h13-16,23-25H,9-12,21-22H2,1-8H3,(H,27,28)/t13-,14-,15-,16-,18?,19?,20?,32?/m1/s1. The average molecular weight is 512 g/mol. The summed E-state index contributed by atoms with van der Waals surface area (Å²) in [5, 5.41) is 27.6. The van der Waals surface area contributed by atoms with E-state index in [-0.39, 0.29) is 19.3 Å². The molecule has 0 spiro atoms. The predicted octanol–water partition coefficient (Wildman–Crippen LogP) is 1.74. The van der Waals surface area contributed by atoms with Gasteiger partial charge in [0.05, 0.1) is 28.5 Å². The fourth-order valence-electron chi connectivity index (χ4n) is 4.40. The minimum absolute atomic E-state index is 0.00468. The van der Waals surface area contributed by atoms with Gasteiger partial charge in [-0.15, -0.1) is 0 Å². The molecule has 194 valence electrons. The van der Waals surface area contributed by atoms with Crippen molar-refractivity contribution >= 4 is 30.3 Å². The fourth-order valence-corrected chi connectivity index (χ4v) is 8.80. The lowest BCUT2D eigenvalue weighted by Gasteiger charge is -2.51. The second-order valence-corrected chi connectivity index (χ2v) is 15.7. The molecule has 0 radical (unpaired) electrons. The molecule has 13 heteroatoms. The van der Waals surface area contributed by atoms with Crippen LogP contribution in [0.15, 0.2) is 0 Å². The van der Waals surface area contributed by atoms with Crippen molar-refractivity contribution in [2.24, 2.45) is 0 Å². The van der Waals surface area contributed by atoms with Crippen LogP contribution in [0.1, 0.15) is 81.1 Å². The zero-order valence-corrected chi connectivity index (χ0v) is 23.7. The molecule has 9 nitrogen and oxygen atoms in total. The first-order chi connectivity index (χ1) is 14.7. The minimum Gasteiger partial charge on any atom is -0.388 e. The maximum atomic E-state index is 14.2. The molecule has 0 aromatic carbocycles. The monoisotopic (exact) mass is 512 g/mol. The van der Waals surface area contributed by atoms with Gasteiger partial charge in [-0.05, 0) is 53.9 Å². The van der Waals surface area contributed by atoms with Crippen LogP contribution in [0.3, 0.4) is 0 Å². The molecule has 1 fully saturated rings. The van der Waals surface area contributed by atoms with E-state index in [1.54, 1.807) is 49.4 Å². The van der Waals surface area contributed by atoms with E-state index in [4.69, 9.17) is 13.8 Å². The van der Waals surface area contributed by atoms with Gasteiger partial charge < -0.3 is 34.0 Å². The molecule has 1 aliphatic heterocycles. The van der Waals surface area contributed by atoms with Gasteiger partial charge in [0.2, 0.25) is 7.57 Å². The summed E-state index contributed by atoms with van der Waals surface area (Å²) in [4.78, 5) is 10.6. The first-order valence-corrected chi connectivity index (χ1v) is 15.4. The van der Waals surface area contributed by atoms with Gasteiger partial charge in [-0.1, -0.05) is 20.8 Å². The van der Waals surface area contributed by atoms with Crippen molar-refractivity contribution in [2.45, 2.75) is 127 Å². The molecule has 1 aliphatic rings. The molecular formula is C20H44B2O9P2. The third-order valence-electron chi connectivity index (χ3n) is 7.72. The van der Waals surface area contributed by atoms with Crippen molar-refractivity contribution in [3.63, 3.8) is 0 Å². The number of hydrogen-bond acceptors (Lipinski definition) is 8. The van der Waals surface area contributed by atoms with Gasteiger partial charge in [0.1, 0.15) is 20.1 Å². The van der Waals surface area contributed by atoms with Crippen LogP contribution in [0.5, 0.6) is 0 Å². The van der Waals surface area contributed by atoms with E-state index in [0.29, 0.717) is 6.42 Å². The van der Waals surface area contributed by atoms with Gasteiger partial charge in [0.25, 0.3) is 0 Å². The largest absolute Gasteiger partial charge is 0.388 e. The van der Waals surface area contributed by atoms with Crippen molar-refractivity contribution in [2.75, 3.05) is 0 Å². The number of hydrogen-bond donors (Lipinski definition) is 4. The van der Waals surface area contributed by atoms with Crippen LogP contribution < -0.4 is 0 Å². The molecule has 0 saturated carbocycles. The summed E-state index contributed by atoms with van der Waals surface area (Å²) in [7, 11) is -4.92. The Morgan fingerprint density at radius 3 is 1.82 bits per heavy atom. The van der Waals surface area contributed by atoms with E-state index >= 15 is 0 Å². The van der Waals surface area contributed by atoms with Crippen molar-refractivity contribution in [3.05, 3.63) is 0 Å². The number of aliphatic hydroxyl groups excluding tert-OH is 2. The number of rotatable bonds is 12. The smallest absolute Gasteiger partial charge is 0.359 e. The van der Waals surface area contributed by atoms with E-state index in [2.05, 4.69) is 0 Å². The summed E-state index contributed by atoms with van der Waals surface area (Å²) in [5.74, 6) is 0. The van der Waals surface area contributed by atoms with Crippen LogP contribution in [0.25, 0.3) is 0 Å². The van der Waals surface area contributed by atoms with Crippen molar-refractivity contribution < 1.29 is 43.1 Å². The third-order valence-corrected chi connectivity index (χ3v) is 13.3. The zero-order chi connectivity index (χ0) is 26.3. The zero-order valence-electron chi connectivity index (χ0n) is 21.9. The molecule has 4 N–H and O–H groups in total. The summed E-state index contributed by atoms with van der Waals surface area (Å²) in [6.07, 6.45) is -2.04. The highest BCUT2D eigenvalue weighted by atomic mass is 31.2. The van der Waals surface area contributed by atoms with Gasteiger partial charge in [-0.3, -0.25) is 9.09 Å². The highest BCUT2D eigenvalue weighted by Crippen LogP contribution is 2.69. The second kappa shape index (κ2) is 10.4. The van der Waals surface area contributed by atoms with Gasteiger partial charge in [-0.2, -0.15) is 0 Å². The predicted molar refractivity (Wildman–Crippen MR) is 134 cm³/mol. The number of ether oxygens (including phenoxy) is 1. The maximum absolute atomic E-state index is 14.2. The third kappa shape index (κ3) is 6.18. The molecule has 0 bridgehead atoms. The molecular weight excluding hydrogens is 468 g/mol. The minimum atomic E-state index is -4.51.